The van der Waals surface area contributed by atoms with Crippen LogP contribution in [0.2, 0.25) is 0 Å². The molecule has 0 spiro atoms. The number of amides is 1. The zero-order valence-corrected chi connectivity index (χ0v) is 12.0. The number of anilines is 2. The molecular weight excluding hydrogens is 282 g/mol. The summed E-state index contributed by atoms with van der Waals surface area (Å²) >= 11 is 0. The van der Waals surface area contributed by atoms with E-state index in [0.717, 1.165) is 0 Å². The molecule has 7 nitrogen and oxygen atoms in total. The lowest BCUT2D eigenvalue weighted by Crippen LogP contribution is -2.27. The van der Waals surface area contributed by atoms with Crippen LogP contribution in [0.25, 0.3) is 0 Å². The molecule has 112 valence electrons. The van der Waals surface area contributed by atoms with E-state index in [9.17, 15) is 4.79 Å². The van der Waals surface area contributed by atoms with Gasteiger partial charge in [-0.1, -0.05) is 12.1 Å². The SMILES string of the molecule is COCCNC(=O)c1cnc(Nc2ccccc2C#N)nc1. The van der Waals surface area contributed by atoms with Crippen LogP contribution in [-0.4, -0.2) is 36.1 Å². The van der Waals surface area contributed by atoms with Crippen LogP contribution in [0.3, 0.4) is 0 Å². The lowest BCUT2D eigenvalue weighted by atomic mass is 10.2. The van der Waals surface area contributed by atoms with Gasteiger partial charge in [0, 0.05) is 26.0 Å². The van der Waals surface area contributed by atoms with Crippen molar-refractivity contribution in [3.63, 3.8) is 0 Å². The molecule has 0 saturated heterocycles. The summed E-state index contributed by atoms with van der Waals surface area (Å²) in [5.41, 5.74) is 1.46. The van der Waals surface area contributed by atoms with Gasteiger partial charge < -0.3 is 15.4 Å². The fraction of sp³-hybridized carbons (Fsp3) is 0.200. The minimum atomic E-state index is -0.263. The number of para-hydroxylation sites is 1. The maximum absolute atomic E-state index is 11.8. The zero-order chi connectivity index (χ0) is 15.8. The Labute approximate surface area is 128 Å². The van der Waals surface area contributed by atoms with E-state index in [-0.39, 0.29) is 5.91 Å². The van der Waals surface area contributed by atoms with Gasteiger partial charge in [-0.25, -0.2) is 9.97 Å². The first kappa shape index (κ1) is 15.4. The van der Waals surface area contributed by atoms with E-state index >= 15 is 0 Å². The molecule has 2 rings (SSSR count). The van der Waals surface area contributed by atoms with Gasteiger partial charge in [0.05, 0.1) is 23.4 Å². The zero-order valence-electron chi connectivity index (χ0n) is 12.0. The van der Waals surface area contributed by atoms with Crippen molar-refractivity contribution in [2.45, 2.75) is 0 Å². The van der Waals surface area contributed by atoms with Crippen molar-refractivity contribution in [1.29, 1.82) is 5.26 Å². The average molecular weight is 297 g/mol. The Balaban J connectivity index is 2.03. The molecular formula is C15H15N5O2. The summed E-state index contributed by atoms with van der Waals surface area (Å²) in [6, 6.07) is 9.11. The van der Waals surface area contributed by atoms with E-state index in [1.165, 1.54) is 12.4 Å². The first-order chi connectivity index (χ1) is 10.7. The minimum Gasteiger partial charge on any atom is -0.383 e. The molecule has 7 heteroatoms. The average Bonchev–Trinajstić information content (AvgIpc) is 2.56. The fourth-order valence-electron chi connectivity index (χ4n) is 1.69. The van der Waals surface area contributed by atoms with Gasteiger partial charge in [-0.15, -0.1) is 0 Å². The van der Waals surface area contributed by atoms with E-state index in [4.69, 9.17) is 10.00 Å². The molecule has 2 aromatic rings. The standard InChI is InChI=1S/C15H15N5O2/c1-22-7-6-17-14(21)12-9-18-15(19-10-12)20-13-5-3-2-4-11(13)8-16/h2-5,9-10H,6-7H2,1H3,(H,17,21)(H,18,19,20). The Morgan fingerprint density at radius 2 is 2.05 bits per heavy atom. The number of carbonyl (C=O) groups excluding carboxylic acids is 1. The van der Waals surface area contributed by atoms with E-state index in [1.54, 1.807) is 31.4 Å². The summed E-state index contributed by atoms with van der Waals surface area (Å²) in [4.78, 5) is 19.9. The highest BCUT2D eigenvalue weighted by Crippen LogP contribution is 2.17. The molecule has 0 aliphatic carbocycles. The highest BCUT2D eigenvalue weighted by atomic mass is 16.5. The molecule has 1 amide bonds. The summed E-state index contributed by atoms with van der Waals surface area (Å²) in [5.74, 6) is 0.0529. The second kappa shape index (κ2) is 7.71. The predicted molar refractivity (Wildman–Crippen MR) is 80.7 cm³/mol. The number of ether oxygens (including phenoxy) is 1. The number of benzene rings is 1. The van der Waals surface area contributed by atoms with Gasteiger partial charge in [0.25, 0.3) is 5.91 Å². The number of hydrogen-bond acceptors (Lipinski definition) is 6. The number of rotatable bonds is 6. The van der Waals surface area contributed by atoms with Crippen LogP contribution < -0.4 is 10.6 Å². The summed E-state index contributed by atoms with van der Waals surface area (Å²) in [6.45, 7) is 0.863. The Kier molecular flexibility index (Phi) is 5.40. The van der Waals surface area contributed by atoms with E-state index in [2.05, 4.69) is 26.7 Å². The van der Waals surface area contributed by atoms with Gasteiger partial charge in [0.1, 0.15) is 6.07 Å². The molecule has 1 heterocycles. The summed E-state index contributed by atoms with van der Waals surface area (Å²) in [6.07, 6.45) is 2.85. The van der Waals surface area contributed by atoms with Crippen molar-refractivity contribution < 1.29 is 9.53 Å². The summed E-state index contributed by atoms with van der Waals surface area (Å²) < 4.78 is 4.85. The number of nitriles is 1. The predicted octanol–water partition coefficient (Wildman–Crippen LogP) is 1.47. The molecule has 0 radical (unpaired) electrons. The molecule has 0 saturated carbocycles. The fourth-order valence-corrected chi connectivity index (χ4v) is 1.69. The second-order valence-electron chi connectivity index (χ2n) is 4.33. The Morgan fingerprint density at radius 3 is 2.73 bits per heavy atom. The highest BCUT2D eigenvalue weighted by molar-refractivity contribution is 5.93. The number of nitrogens with zero attached hydrogens (tertiary/aromatic N) is 3. The highest BCUT2D eigenvalue weighted by Gasteiger charge is 2.07. The number of nitrogens with one attached hydrogen (secondary N) is 2. The molecule has 1 aromatic carbocycles. The molecule has 0 aliphatic heterocycles. The third-order valence-corrected chi connectivity index (χ3v) is 2.80. The Hall–Kier alpha value is -2.98. The first-order valence-electron chi connectivity index (χ1n) is 6.60. The van der Waals surface area contributed by atoms with Crippen LogP contribution in [0.1, 0.15) is 15.9 Å². The Bertz CT molecular complexity index is 679. The third-order valence-electron chi connectivity index (χ3n) is 2.80. The van der Waals surface area contributed by atoms with Gasteiger partial charge in [0.15, 0.2) is 0 Å². The van der Waals surface area contributed by atoms with Crippen LogP contribution >= 0.6 is 0 Å². The van der Waals surface area contributed by atoms with E-state index in [1.807, 2.05) is 0 Å². The molecule has 0 fully saturated rings. The van der Waals surface area contributed by atoms with Crippen LogP contribution in [0, 0.1) is 11.3 Å². The molecule has 22 heavy (non-hydrogen) atoms. The molecule has 0 bridgehead atoms. The van der Waals surface area contributed by atoms with E-state index in [0.29, 0.717) is 35.9 Å². The number of methoxy groups -OCH3 is 1. The van der Waals surface area contributed by atoms with Crippen molar-refractivity contribution in [3.05, 3.63) is 47.8 Å². The molecule has 1 aromatic heterocycles. The number of carbonyl (C=O) groups is 1. The normalized spacial score (nSPS) is 9.82. The van der Waals surface area contributed by atoms with Crippen molar-refractivity contribution in [3.8, 4) is 6.07 Å². The van der Waals surface area contributed by atoms with Crippen molar-refractivity contribution in [1.82, 2.24) is 15.3 Å². The molecule has 0 unspecified atom stereocenters. The van der Waals surface area contributed by atoms with Crippen LogP contribution in [0.15, 0.2) is 36.7 Å². The molecule has 2 N–H and O–H groups in total. The maximum Gasteiger partial charge on any atom is 0.254 e. The van der Waals surface area contributed by atoms with Crippen molar-refractivity contribution >= 4 is 17.5 Å². The lowest BCUT2D eigenvalue weighted by molar-refractivity contribution is 0.0936. The first-order valence-corrected chi connectivity index (χ1v) is 6.60. The van der Waals surface area contributed by atoms with Gasteiger partial charge in [-0.3, -0.25) is 4.79 Å². The smallest absolute Gasteiger partial charge is 0.254 e. The van der Waals surface area contributed by atoms with Crippen LogP contribution in [0.5, 0.6) is 0 Å². The Morgan fingerprint density at radius 1 is 1.32 bits per heavy atom. The van der Waals surface area contributed by atoms with Gasteiger partial charge >= 0.3 is 0 Å². The third kappa shape index (κ3) is 4.01. The monoisotopic (exact) mass is 297 g/mol. The van der Waals surface area contributed by atoms with Crippen LogP contribution in [0.4, 0.5) is 11.6 Å². The number of aromatic nitrogens is 2. The lowest BCUT2D eigenvalue weighted by Gasteiger charge is -2.07. The maximum atomic E-state index is 11.8. The number of hydrogen-bond donors (Lipinski definition) is 2. The largest absolute Gasteiger partial charge is 0.383 e. The van der Waals surface area contributed by atoms with Crippen molar-refractivity contribution in [2.75, 3.05) is 25.6 Å². The quantitative estimate of drug-likeness (QED) is 0.783. The van der Waals surface area contributed by atoms with Gasteiger partial charge in [-0.2, -0.15) is 5.26 Å². The second-order valence-corrected chi connectivity index (χ2v) is 4.33. The van der Waals surface area contributed by atoms with Crippen molar-refractivity contribution in [2.24, 2.45) is 0 Å². The van der Waals surface area contributed by atoms with Crippen LogP contribution in [-0.2, 0) is 4.74 Å². The van der Waals surface area contributed by atoms with Gasteiger partial charge in [-0.05, 0) is 12.1 Å². The van der Waals surface area contributed by atoms with Gasteiger partial charge in [0.2, 0.25) is 5.95 Å². The molecule has 0 atom stereocenters. The summed E-state index contributed by atoms with van der Waals surface area (Å²) in [7, 11) is 1.56. The topological polar surface area (TPSA) is 99.9 Å². The minimum absolute atomic E-state index is 0.263. The molecule has 0 aliphatic rings. The van der Waals surface area contributed by atoms with E-state index < -0.39 is 0 Å². The summed E-state index contributed by atoms with van der Waals surface area (Å²) in [5, 5.41) is 14.6.